The van der Waals surface area contributed by atoms with Gasteiger partial charge in [-0.1, -0.05) is 0 Å². The van der Waals surface area contributed by atoms with Crippen LogP contribution >= 0.6 is 27.3 Å². The molecule has 1 spiro atoms. The van der Waals surface area contributed by atoms with Crippen LogP contribution in [0.3, 0.4) is 0 Å². The molecule has 1 aromatic heterocycles. The van der Waals surface area contributed by atoms with Gasteiger partial charge in [-0.15, -0.1) is 11.3 Å². The summed E-state index contributed by atoms with van der Waals surface area (Å²) in [6, 6.07) is 2.35. The lowest BCUT2D eigenvalue weighted by atomic mass is 9.70. The first kappa shape index (κ1) is 13.1. The topological polar surface area (TPSA) is 47.3 Å². The van der Waals surface area contributed by atoms with Crippen LogP contribution in [0.2, 0.25) is 0 Å². The first-order valence-electron chi connectivity index (χ1n) is 6.57. The van der Waals surface area contributed by atoms with Crippen molar-refractivity contribution >= 4 is 27.3 Å². The monoisotopic (exact) mass is 330 g/mol. The molecule has 0 bridgehead atoms. The molecular weight excluding hydrogens is 312 g/mol. The van der Waals surface area contributed by atoms with Gasteiger partial charge in [-0.3, -0.25) is 11.3 Å². The Morgan fingerprint density at radius 3 is 2.94 bits per heavy atom. The zero-order valence-corrected chi connectivity index (χ0v) is 12.7. The van der Waals surface area contributed by atoms with Gasteiger partial charge in [-0.05, 0) is 65.4 Å². The number of halogens is 1. The smallest absolute Gasteiger partial charge is 0.0686 e. The van der Waals surface area contributed by atoms with Gasteiger partial charge < -0.3 is 4.74 Å². The van der Waals surface area contributed by atoms with Crippen molar-refractivity contribution in [2.24, 2.45) is 11.8 Å². The van der Waals surface area contributed by atoms with Crippen molar-refractivity contribution in [1.29, 1.82) is 0 Å². The van der Waals surface area contributed by atoms with Crippen LogP contribution in [0, 0.1) is 5.92 Å². The van der Waals surface area contributed by atoms with Crippen LogP contribution in [-0.4, -0.2) is 12.2 Å². The SMILES string of the molecule is NNC(c1sccc1Br)C1CCOC2(CCC2)C1. The number of nitrogens with two attached hydrogens (primary N) is 1. The van der Waals surface area contributed by atoms with E-state index < -0.39 is 0 Å². The summed E-state index contributed by atoms with van der Waals surface area (Å²) >= 11 is 5.39. The van der Waals surface area contributed by atoms with Crippen LogP contribution in [0.5, 0.6) is 0 Å². The quantitative estimate of drug-likeness (QED) is 0.659. The second-order valence-electron chi connectivity index (χ2n) is 5.42. The Balaban J connectivity index is 1.77. The van der Waals surface area contributed by atoms with Gasteiger partial charge in [0.2, 0.25) is 0 Å². The minimum Gasteiger partial charge on any atom is -0.375 e. The van der Waals surface area contributed by atoms with Gasteiger partial charge in [0.25, 0.3) is 0 Å². The van der Waals surface area contributed by atoms with Crippen LogP contribution in [-0.2, 0) is 4.74 Å². The van der Waals surface area contributed by atoms with E-state index >= 15 is 0 Å². The average molecular weight is 331 g/mol. The van der Waals surface area contributed by atoms with Gasteiger partial charge >= 0.3 is 0 Å². The molecule has 2 aliphatic rings. The lowest BCUT2D eigenvalue weighted by molar-refractivity contribution is -0.147. The van der Waals surface area contributed by atoms with Crippen LogP contribution < -0.4 is 11.3 Å². The van der Waals surface area contributed by atoms with Crippen molar-refractivity contribution in [3.8, 4) is 0 Å². The van der Waals surface area contributed by atoms with Gasteiger partial charge in [0.15, 0.2) is 0 Å². The van der Waals surface area contributed by atoms with Crippen LogP contribution in [0.1, 0.15) is 43.0 Å². The third-order valence-corrected chi connectivity index (χ3v) is 6.33. The number of hydrogen-bond acceptors (Lipinski definition) is 4. The molecule has 5 heteroatoms. The van der Waals surface area contributed by atoms with Crippen molar-refractivity contribution < 1.29 is 4.74 Å². The molecule has 1 aliphatic carbocycles. The summed E-state index contributed by atoms with van der Waals surface area (Å²) in [5.74, 6) is 6.39. The number of hydrogen-bond donors (Lipinski definition) is 2. The largest absolute Gasteiger partial charge is 0.375 e. The van der Waals surface area contributed by atoms with Crippen molar-refractivity contribution in [3.05, 3.63) is 20.8 Å². The maximum atomic E-state index is 6.00. The van der Waals surface area contributed by atoms with Crippen LogP contribution in [0.4, 0.5) is 0 Å². The van der Waals surface area contributed by atoms with Crippen molar-refractivity contribution in [2.75, 3.05) is 6.61 Å². The van der Waals surface area contributed by atoms with Gasteiger partial charge in [-0.2, -0.15) is 0 Å². The second kappa shape index (κ2) is 5.21. The maximum absolute atomic E-state index is 6.00. The summed E-state index contributed by atoms with van der Waals surface area (Å²) in [5, 5.41) is 2.11. The van der Waals surface area contributed by atoms with E-state index in [1.165, 1.54) is 28.6 Å². The van der Waals surface area contributed by atoms with E-state index in [1.54, 1.807) is 11.3 Å². The summed E-state index contributed by atoms with van der Waals surface area (Å²) in [4.78, 5) is 1.32. The molecule has 1 saturated heterocycles. The molecule has 1 saturated carbocycles. The average Bonchev–Trinajstić information content (AvgIpc) is 2.75. The van der Waals surface area contributed by atoms with E-state index in [1.807, 2.05) is 0 Å². The van der Waals surface area contributed by atoms with E-state index in [4.69, 9.17) is 10.6 Å². The molecule has 3 rings (SSSR count). The number of rotatable bonds is 3. The fourth-order valence-corrected chi connectivity index (χ4v) is 5.00. The Morgan fingerprint density at radius 2 is 2.39 bits per heavy atom. The van der Waals surface area contributed by atoms with E-state index in [0.717, 1.165) is 19.4 Å². The summed E-state index contributed by atoms with van der Waals surface area (Å²) < 4.78 is 7.17. The highest BCUT2D eigenvalue weighted by Gasteiger charge is 2.44. The van der Waals surface area contributed by atoms with Crippen molar-refractivity contribution in [1.82, 2.24) is 5.43 Å². The van der Waals surface area contributed by atoms with Gasteiger partial charge in [0.1, 0.15) is 0 Å². The van der Waals surface area contributed by atoms with Crippen molar-refractivity contribution in [2.45, 2.75) is 43.7 Å². The number of ether oxygens (including phenoxy) is 1. The Morgan fingerprint density at radius 1 is 1.56 bits per heavy atom. The summed E-state index contributed by atoms with van der Waals surface area (Å²) in [5.41, 5.74) is 3.21. The van der Waals surface area contributed by atoms with Crippen LogP contribution in [0.15, 0.2) is 15.9 Å². The summed E-state index contributed by atoms with van der Waals surface area (Å²) in [6.07, 6.45) is 6.02. The number of thiophene rings is 1. The van der Waals surface area contributed by atoms with Gasteiger partial charge in [0, 0.05) is 16.0 Å². The van der Waals surface area contributed by atoms with Crippen molar-refractivity contribution in [3.63, 3.8) is 0 Å². The van der Waals surface area contributed by atoms with E-state index in [0.29, 0.717) is 5.92 Å². The normalized spacial score (nSPS) is 28.0. The molecule has 0 aromatic carbocycles. The highest BCUT2D eigenvalue weighted by molar-refractivity contribution is 9.10. The molecule has 1 aromatic rings. The Kier molecular flexibility index (Phi) is 3.78. The lowest BCUT2D eigenvalue weighted by Gasteiger charge is -2.48. The zero-order valence-electron chi connectivity index (χ0n) is 10.3. The third-order valence-electron chi connectivity index (χ3n) is 4.37. The molecule has 18 heavy (non-hydrogen) atoms. The number of nitrogens with one attached hydrogen (secondary N) is 1. The highest BCUT2D eigenvalue weighted by atomic mass is 79.9. The predicted octanol–water partition coefficient (Wildman–Crippen LogP) is 3.36. The fraction of sp³-hybridized carbons (Fsp3) is 0.692. The van der Waals surface area contributed by atoms with Crippen LogP contribution in [0.25, 0.3) is 0 Å². The second-order valence-corrected chi connectivity index (χ2v) is 7.22. The minimum atomic E-state index is 0.182. The molecule has 3 nitrogen and oxygen atoms in total. The molecule has 3 N–H and O–H groups in total. The molecule has 2 fully saturated rings. The maximum Gasteiger partial charge on any atom is 0.0686 e. The highest BCUT2D eigenvalue weighted by Crippen LogP contribution is 2.48. The summed E-state index contributed by atoms with van der Waals surface area (Å²) in [6.45, 7) is 0.881. The molecule has 2 atom stereocenters. The first-order chi connectivity index (χ1) is 8.74. The van der Waals surface area contributed by atoms with E-state index in [-0.39, 0.29) is 11.6 Å². The zero-order chi connectivity index (χ0) is 12.6. The minimum absolute atomic E-state index is 0.182. The molecule has 0 radical (unpaired) electrons. The standard InChI is InChI=1S/C13H19BrN2OS/c14-10-3-7-18-12(10)11(16-15)9-2-6-17-13(8-9)4-1-5-13/h3,7,9,11,16H,1-2,4-6,8,15H2. The number of hydrazine groups is 1. The molecule has 2 unspecified atom stereocenters. The molecule has 100 valence electrons. The Labute approximate surface area is 120 Å². The van der Waals surface area contributed by atoms with E-state index in [9.17, 15) is 0 Å². The third kappa shape index (κ3) is 2.27. The molecule has 1 aliphatic heterocycles. The fourth-order valence-electron chi connectivity index (χ4n) is 3.22. The molecule has 2 heterocycles. The van der Waals surface area contributed by atoms with E-state index in [2.05, 4.69) is 32.8 Å². The Bertz CT molecular complexity index is 419. The summed E-state index contributed by atoms with van der Waals surface area (Å²) in [7, 11) is 0. The van der Waals surface area contributed by atoms with Gasteiger partial charge in [-0.25, -0.2) is 0 Å². The molecule has 0 amide bonds. The van der Waals surface area contributed by atoms with Gasteiger partial charge in [0.05, 0.1) is 11.6 Å². The Hall–Kier alpha value is 0.0600. The predicted molar refractivity (Wildman–Crippen MR) is 77.3 cm³/mol. The molecular formula is C13H19BrN2OS. The first-order valence-corrected chi connectivity index (χ1v) is 8.24. The lowest BCUT2D eigenvalue weighted by Crippen LogP contribution is -2.48.